The fourth-order valence-electron chi connectivity index (χ4n) is 2.20. The zero-order valence-corrected chi connectivity index (χ0v) is 9.53. The van der Waals surface area contributed by atoms with E-state index in [0.29, 0.717) is 12.1 Å². The van der Waals surface area contributed by atoms with Crippen LogP contribution in [0.3, 0.4) is 0 Å². The zero-order valence-electron chi connectivity index (χ0n) is 8.71. The maximum atomic E-state index is 2.65. The highest BCUT2D eigenvalue weighted by Gasteiger charge is 2.26. The summed E-state index contributed by atoms with van der Waals surface area (Å²) in [7, 11) is 0. The van der Waals surface area contributed by atoms with Crippen molar-refractivity contribution >= 4 is 11.8 Å². The second kappa shape index (κ2) is 4.52. The Balaban J connectivity index is 2.52. The summed E-state index contributed by atoms with van der Waals surface area (Å²) in [5.74, 6) is 2.71. The van der Waals surface area contributed by atoms with Gasteiger partial charge >= 0.3 is 0 Å². The monoisotopic (exact) mass is 187 g/mol. The lowest BCUT2D eigenvalue weighted by molar-refractivity contribution is 0.126. The van der Waals surface area contributed by atoms with Gasteiger partial charge in [-0.3, -0.25) is 4.90 Å². The van der Waals surface area contributed by atoms with Gasteiger partial charge in [-0.15, -0.1) is 0 Å². The summed E-state index contributed by atoms with van der Waals surface area (Å²) in [6.07, 6.45) is 1.39. The predicted octanol–water partition coefficient (Wildman–Crippen LogP) is 2.61. The Morgan fingerprint density at radius 3 is 2.08 bits per heavy atom. The van der Waals surface area contributed by atoms with Gasteiger partial charge in [0.2, 0.25) is 0 Å². The molecule has 1 saturated heterocycles. The summed E-state index contributed by atoms with van der Waals surface area (Å²) in [4.78, 5) is 2.65. The van der Waals surface area contributed by atoms with Crippen molar-refractivity contribution in [1.29, 1.82) is 0 Å². The zero-order chi connectivity index (χ0) is 9.14. The first-order valence-electron chi connectivity index (χ1n) is 4.98. The van der Waals surface area contributed by atoms with Crippen molar-refractivity contribution in [2.45, 2.75) is 52.2 Å². The third-order valence-electron chi connectivity index (χ3n) is 2.52. The van der Waals surface area contributed by atoms with Gasteiger partial charge in [-0.1, -0.05) is 0 Å². The molecular formula is C10H21NS. The van der Waals surface area contributed by atoms with E-state index in [4.69, 9.17) is 0 Å². The molecule has 1 heterocycles. The van der Waals surface area contributed by atoms with Crippen molar-refractivity contribution in [2.24, 2.45) is 0 Å². The largest absolute Gasteiger partial charge is 0.295 e. The van der Waals surface area contributed by atoms with Crippen molar-refractivity contribution < 1.29 is 0 Å². The fraction of sp³-hybridized carbons (Fsp3) is 1.00. The maximum Gasteiger partial charge on any atom is 0.0199 e. The molecule has 1 unspecified atom stereocenters. The quantitative estimate of drug-likeness (QED) is 0.668. The Kier molecular flexibility index (Phi) is 3.91. The number of thioether (sulfide) groups is 1. The maximum absolute atomic E-state index is 2.65. The molecule has 0 aliphatic carbocycles. The predicted molar refractivity (Wildman–Crippen MR) is 57.8 cm³/mol. The second-order valence-electron chi connectivity index (χ2n) is 4.15. The summed E-state index contributed by atoms with van der Waals surface area (Å²) >= 11 is 2.10. The van der Waals surface area contributed by atoms with E-state index in [0.717, 1.165) is 6.04 Å². The highest BCUT2D eigenvalue weighted by molar-refractivity contribution is 7.99. The average molecular weight is 187 g/mol. The molecule has 0 aromatic rings. The van der Waals surface area contributed by atoms with Gasteiger partial charge in [0.05, 0.1) is 0 Å². The van der Waals surface area contributed by atoms with Crippen LogP contribution in [0.15, 0.2) is 0 Å². The lowest BCUT2D eigenvalue weighted by Gasteiger charge is -2.35. The van der Waals surface area contributed by atoms with Crippen molar-refractivity contribution in [1.82, 2.24) is 4.90 Å². The Morgan fingerprint density at radius 2 is 1.75 bits per heavy atom. The fourth-order valence-corrected chi connectivity index (χ4v) is 3.41. The van der Waals surface area contributed by atoms with E-state index < -0.39 is 0 Å². The van der Waals surface area contributed by atoms with Crippen LogP contribution < -0.4 is 0 Å². The van der Waals surface area contributed by atoms with Gasteiger partial charge in [0.1, 0.15) is 0 Å². The molecule has 2 heteroatoms. The number of hydrogen-bond donors (Lipinski definition) is 0. The van der Waals surface area contributed by atoms with Crippen LogP contribution in [0.2, 0.25) is 0 Å². The van der Waals surface area contributed by atoms with Gasteiger partial charge < -0.3 is 0 Å². The highest BCUT2D eigenvalue weighted by atomic mass is 32.2. The standard InChI is InChI=1S/C10H21NS/c1-8(2)11(9(3)4)10-5-6-12-7-10/h8-10H,5-7H2,1-4H3. The van der Waals surface area contributed by atoms with Crippen molar-refractivity contribution in [3.8, 4) is 0 Å². The van der Waals surface area contributed by atoms with Crippen molar-refractivity contribution in [3.63, 3.8) is 0 Å². The van der Waals surface area contributed by atoms with Crippen molar-refractivity contribution in [2.75, 3.05) is 11.5 Å². The Hall–Kier alpha value is 0.310. The van der Waals surface area contributed by atoms with Gasteiger partial charge in [-0.25, -0.2) is 0 Å². The van der Waals surface area contributed by atoms with E-state index in [1.165, 1.54) is 17.9 Å². The minimum Gasteiger partial charge on any atom is -0.295 e. The van der Waals surface area contributed by atoms with Crippen LogP contribution >= 0.6 is 11.8 Å². The van der Waals surface area contributed by atoms with Gasteiger partial charge in [-0.2, -0.15) is 11.8 Å². The SMILES string of the molecule is CC(C)N(C(C)C)C1CCSC1. The topological polar surface area (TPSA) is 3.24 Å². The Morgan fingerprint density at radius 1 is 1.17 bits per heavy atom. The van der Waals surface area contributed by atoms with E-state index in [1.807, 2.05) is 0 Å². The van der Waals surface area contributed by atoms with Crippen LogP contribution in [-0.4, -0.2) is 34.5 Å². The van der Waals surface area contributed by atoms with Crippen LogP contribution in [0.4, 0.5) is 0 Å². The van der Waals surface area contributed by atoms with Crippen LogP contribution in [-0.2, 0) is 0 Å². The van der Waals surface area contributed by atoms with Crippen LogP contribution in [0.5, 0.6) is 0 Å². The minimum absolute atomic E-state index is 0.702. The van der Waals surface area contributed by atoms with Gasteiger partial charge in [-0.05, 0) is 39.9 Å². The molecule has 0 N–H and O–H groups in total. The van der Waals surface area contributed by atoms with E-state index in [-0.39, 0.29) is 0 Å². The lowest BCUT2D eigenvalue weighted by atomic mass is 10.1. The van der Waals surface area contributed by atoms with E-state index >= 15 is 0 Å². The molecule has 1 nitrogen and oxygen atoms in total. The van der Waals surface area contributed by atoms with E-state index in [1.54, 1.807) is 0 Å². The van der Waals surface area contributed by atoms with Gasteiger partial charge in [0.25, 0.3) is 0 Å². The Bertz CT molecular complexity index is 120. The summed E-state index contributed by atoms with van der Waals surface area (Å²) in [6.45, 7) is 9.23. The van der Waals surface area contributed by atoms with Crippen LogP contribution in [0, 0.1) is 0 Å². The molecule has 0 bridgehead atoms. The second-order valence-corrected chi connectivity index (χ2v) is 5.30. The van der Waals surface area contributed by atoms with Crippen LogP contribution in [0.1, 0.15) is 34.1 Å². The molecule has 1 aliphatic heterocycles. The molecule has 12 heavy (non-hydrogen) atoms. The molecule has 1 rings (SSSR count). The first-order chi connectivity index (χ1) is 5.63. The molecule has 0 radical (unpaired) electrons. The molecule has 0 amide bonds. The van der Waals surface area contributed by atoms with Gasteiger partial charge in [0.15, 0.2) is 0 Å². The third-order valence-corrected chi connectivity index (χ3v) is 3.66. The summed E-state index contributed by atoms with van der Waals surface area (Å²) in [5, 5.41) is 0. The molecule has 0 aromatic carbocycles. The smallest absolute Gasteiger partial charge is 0.0199 e. The molecule has 0 saturated carbocycles. The molecule has 1 atom stereocenters. The number of nitrogens with zero attached hydrogens (tertiary/aromatic N) is 1. The Labute approximate surface area is 80.9 Å². The molecule has 1 aliphatic rings. The lowest BCUT2D eigenvalue weighted by Crippen LogP contribution is -2.45. The molecule has 0 aromatic heterocycles. The first-order valence-corrected chi connectivity index (χ1v) is 6.13. The van der Waals surface area contributed by atoms with Crippen LogP contribution in [0.25, 0.3) is 0 Å². The summed E-state index contributed by atoms with van der Waals surface area (Å²) in [6, 6.07) is 2.25. The third kappa shape index (κ3) is 2.40. The van der Waals surface area contributed by atoms with E-state index in [9.17, 15) is 0 Å². The normalized spacial score (nSPS) is 24.8. The molecular weight excluding hydrogens is 166 g/mol. The molecule has 0 spiro atoms. The van der Waals surface area contributed by atoms with Crippen molar-refractivity contribution in [3.05, 3.63) is 0 Å². The highest BCUT2D eigenvalue weighted by Crippen LogP contribution is 2.25. The van der Waals surface area contributed by atoms with Gasteiger partial charge in [0, 0.05) is 23.9 Å². The summed E-state index contributed by atoms with van der Waals surface area (Å²) < 4.78 is 0. The first kappa shape index (κ1) is 10.4. The summed E-state index contributed by atoms with van der Waals surface area (Å²) in [5.41, 5.74) is 0. The minimum atomic E-state index is 0.702. The number of rotatable bonds is 3. The van der Waals surface area contributed by atoms with E-state index in [2.05, 4.69) is 44.4 Å². The average Bonchev–Trinajstić information content (AvgIpc) is 2.37. The number of hydrogen-bond acceptors (Lipinski definition) is 2. The molecule has 1 fully saturated rings. The molecule has 72 valence electrons.